The fraction of sp³-hybridized carbons (Fsp3) is 0.382. The van der Waals surface area contributed by atoms with Gasteiger partial charge in [-0.15, -0.1) is 0 Å². The molecule has 1 aliphatic heterocycles. The zero-order valence-electron chi connectivity index (χ0n) is 26.6. The van der Waals surface area contributed by atoms with Crippen LogP contribution in [0.3, 0.4) is 0 Å². The number of benzene rings is 1. The van der Waals surface area contributed by atoms with E-state index in [1.807, 2.05) is 60.6 Å². The first-order chi connectivity index (χ1) is 22.9. The molecule has 2 aliphatic rings. The summed E-state index contributed by atoms with van der Waals surface area (Å²) in [4.78, 5) is 45.0. The molecule has 4 aromatic rings. The first-order valence-electron chi connectivity index (χ1n) is 15.9. The summed E-state index contributed by atoms with van der Waals surface area (Å²) in [5.41, 5.74) is 3.14. The van der Waals surface area contributed by atoms with Crippen molar-refractivity contribution in [3.63, 3.8) is 0 Å². The van der Waals surface area contributed by atoms with Crippen molar-refractivity contribution in [2.45, 2.75) is 50.8 Å². The lowest BCUT2D eigenvalue weighted by Crippen LogP contribution is -2.45. The molecule has 47 heavy (non-hydrogen) atoms. The standard InChI is InChI=1S/C34H38N10O3/c1-41-16-17-43(15-14-31(41)45)32-26(18-35)20-37-33(40-32)39-28-9-11-29(12-10-28)44(34(46)47-23-24-6-4-3-5-7-24)30-13-8-25(19-36-30)27-21-38-42(2)22-27/h3-8,13,19-22,28-29H,9-12,14-17,23H2,1-2H3,(H,37,39,40)/t28-,29-. The van der Waals surface area contributed by atoms with Crippen LogP contribution in [0.4, 0.5) is 22.4 Å². The highest BCUT2D eigenvalue weighted by atomic mass is 16.6. The monoisotopic (exact) mass is 634 g/mol. The van der Waals surface area contributed by atoms with E-state index in [1.54, 1.807) is 33.9 Å². The second-order valence-electron chi connectivity index (χ2n) is 12.0. The van der Waals surface area contributed by atoms with E-state index in [0.29, 0.717) is 62.0 Å². The molecule has 0 atom stereocenters. The molecule has 0 spiro atoms. The van der Waals surface area contributed by atoms with Crippen molar-refractivity contribution in [1.29, 1.82) is 5.26 Å². The van der Waals surface area contributed by atoms with E-state index in [0.717, 1.165) is 29.5 Å². The molecule has 1 saturated heterocycles. The molecule has 0 unspecified atom stereocenters. The molecule has 13 nitrogen and oxygen atoms in total. The Kier molecular flexibility index (Phi) is 9.56. The number of amides is 2. The van der Waals surface area contributed by atoms with Crippen LogP contribution in [-0.2, 0) is 23.2 Å². The molecule has 0 bridgehead atoms. The Bertz CT molecular complexity index is 1730. The molecule has 242 valence electrons. The molecule has 1 N–H and O–H groups in total. The van der Waals surface area contributed by atoms with E-state index in [-0.39, 0.29) is 24.6 Å². The van der Waals surface area contributed by atoms with E-state index in [1.165, 1.54) is 6.20 Å². The van der Waals surface area contributed by atoms with Crippen LogP contribution < -0.4 is 15.1 Å². The van der Waals surface area contributed by atoms with Crippen molar-refractivity contribution in [1.82, 2.24) is 29.6 Å². The van der Waals surface area contributed by atoms with Crippen LogP contribution in [0.1, 0.15) is 43.2 Å². The van der Waals surface area contributed by atoms with E-state index in [4.69, 9.17) is 9.72 Å². The number of ether oxygens (including phenoxy) is 1. The number of hydrogen-bond donors (Lipinski definition) is 1. The Morgan fingerprint density at radius 3 is 2.51 bits per heavy atom. The summed E-state index contributed by atoms with van der Waals surface area (Å²) < 4.78 is 7.53. The second kappa shape index (κ2) is 14.3. The van der Waals surface area contributed by atoms with Gasteiger partial charge in [0.05, 0.1) is 12.4 Å². The number of nitriles is 1. The Morgan fingerprint density at radius 1 is 1.00 bits per heavy atom. The summed E-state index contributed by atoms with van der Waals surface area (Å²) in [7, 11) is 3.66. The van der Waals surface area contributed by atoms with E-state index < -0.39 is 6.09 Å². The van der Waals surface area contributed by atoms with Crippen LogP contribution in [0.5, 0.6) is 0 Å². The fourth-order valence-corrected chi connectivity index (χ4v) is 6.05. The molecule has 2 fully saturated rings. The lowest BCUT2D eigenvalue weighted by atomic mass is 9.90. The molecule has 4 heterocycles. The molecule has 13 heteroatoms. The molecule has 0 radical (unpaired) electrons. The average molecular weight is 635 g/mol. The zero-order valence-corrected chi connectivity index (χ0v) is 26.6. The fourth-order valence-electron chi connectivity index (χ4n) is 6.05. The van der Waals surface area contributed by atoms with Crippen molar-refractivity contribution in [3.05, 3.63) is 78.4 Å². The van der Waals surface area contributed by atoms with Crippen molar-refractivity contribution in [2.24, 2.45) is 7.05 Å². The zero-order chi connectivity index (χ0) is 32.8. The summed E-state index contributed by atoms with van der Waals surface area (Å²) in [6.07, 6.45) is 9.90. The predicted octanol–water partition coefficient (Wildman–Crippen LogP) is 4.38. The normalized spacial score (nSPS) is 18.3. The maximum Gasteiger partial charge on any atom is 0.416 e. The Morgan fingerprint density at radius 2 is 1.81 bits per heavy atom. The topological polar surface area (TPSA) is 145 Å². The van der Waals surface area contributed by atoms with E-state index in [9.17, 15) is 14.9 Å². The average Bonchev–Trinajstić information content (AvgIpc) is 3.47. The van der Waals surface area contributed by atoms with Gasteiger partial charge >= 0.3 is 6.09 Å². The maximum absolute atomic E-state index is 13.6. The second-order valence-corrected chi connectivity index (χ2v) is 12.0. The SMILES string of the molecule is CN1CCN(c2nc(N[C@H]3CC[C@H](N(C(=O)OCc4ccccc4)c4ccc(-c5cnn(C)c5)cn4)CC3)ncc2C#N)CCC1=O. The Labute approximate surface area is 273 Å². The maximum atomic E-state index is 13.6. The van der Waals surface area contributed by atoms with Crippen LogP contribution in [0.2, 0.25) is 0 Å². The number of hydrogen-bond acceptors (Lipinski definition) is 10. The molecule has 3 aromatic heterocycles. The van der Waals surface area contributed by atoms with Gasteiger partial charge in [-0.2, -0.15) is 15.3 Å². The van der Waals surface area contributed by atoms with Crippen molar-refractivity contribution in [2.75, 3.05) is 41.8 Å². The molecule has 1 aromatic carbocycles. The number of anilines is 3. The van der Waals surface area contributed by atoms with Crippen LogP contribution >= 0.6 is 0 Å². The molecule has 6 rings (SSSR count). The van der Waals surface area contributed by atoms with Gasteiger partial charge in [0.2, 0.25) is 11.9 Å². The van der Waals surface area contributed by atoms with Gasteiger partial charge in [0.25, 0.3) is 0 Å². The lowest BCUT2D eigenvalue weighted by Gasteiger charge is -2.36. The third kappa shape index (κ3) is 7.49. The summed E-state index contributed by atoms with van der Waals surface area (Å²) in [6.45, 7) is 1.81. The van der Waals surface area contributed by atoms with Gasteiger partial charge in [0.15, 0.2) is 5.82 Å². The number of nitrogens with zero attached hydrogens (tertiary/aromatic N) is 9. The smallest absolute Gasteiger partial charge is 0.416 e. The van der Waals surface area contributed by atoms with Gasteiger partial charge in [-0.1, -0.05) is 30.3 Å². The number of aromatic nitrogens is 5. The van der Waals surface area contributed by atoms with Crippen LogP contribution in [0.15, 0.2) is 67.3 Å². The minimum absolute atomic E-state index is 0.0759. The van der Waals surface area contributed by atoms with Gasteiger partial charge < -0.3 is 19.9 Å². The number of nitrogens with one attached hydrogen (secondary N) is 1. The minimum Gasteiger partial charge on any atom is -0.444 e. The summed E-state index contributed by atoms with van der Waals surface area (Å²) in [5.74, 6) is 1.59. The summed E-state index contributed by atoms with van der Waals surface area (Å²) >= 11 is 0. The Hall–Kier alpha value is -5.51. The Balaban J connectivity index is 1.15. The van der Waals surface area contributed by atoms with Crippen LogP contribution in [0.25, 0.3) is 11.1 Å². The van der Waals surface area contributed by atoms with E-state index in [2.05, 4.69) is 26.5 Å². The summed E-state index contributed by atoms with van der Waals surface area (Å²) in [6, 6.07) is 15.6. The molecule has 2 amide bonds. The third-order valence-electron chi connectivity index (χ3n) is 8.75. The van der Waals surface area contributed by atoms with Gasteiger partial charge in [-0.3, -0.25) is 14.4 Å². The van der Waals surface area contributed by atoms with Crippen LogP contribution in [0, 0.1) is 11.3 Å². The quantitative estimate of drug-likeness (QED) is 0.296. The highest BCUT2D eigenvalue weighted by Gasteiger charge is 2.32. The highest BCUT2D eigenvalue weighted by molar-refractivity contribution is 5.87. The first-order valence-corrected chi connectivity index (χ1v) is 15.9. The minimum atomic E-state index is -0.437. The third-order valence-corrected chi connectivity index (χ3v) is 8.75. The van der Waals surface area contributed by atoms with Crippen molar-refractivity contribution >= 4 is 29.6 Å². The van der Waals surface area contributed by atoms with Gasteiger partial charge in [0.1, 0.15) is 24.1 Å². The number of carbonyl (C=O) groups is 2. The largest absolute Gasteiger partial charge is 0.444 e. The predicted molar refractivity (Wildman–Crippen MR) is 176 cm³/mol. The molecule has 1 saturated carbocycles. The van der Waals surface area contributed by atoms with Gasteiger partial charge in [-0.25, -0.2) is 14.8 Å². The van der Waals surface area contributed by atoms with Gasteiger partial charge in [0, 0.05) is 75.8 Å². The van der Waals surface area contributed by atoms with Crippen molar-refractivity contribution < 1.29 is 14.3 Å². The summed E-state index contributed by atoms with van der Waals surface area (Å²) in [5, 5.41) is 17.4. The number of pyridine rings is 1. The van der Waals surface area contributed by atoms with Crippen molar-refractivity contribution in [3.8, 4) is 17.2 Å². The highest BCUT2D eigenvalue weighted by Crippen LogP contribution is 2.30. The van der Waals surface area contributed by atoms with Gasteiger partial charge in [-0.05, 0) is 43.4 Å². The first kappa shape index (κ1) is 31.5. The molecule has 1 aliphatic carbocycles. The molecular weight excluding hydrogens is 596 g/mol. The van der Waals surface area contributed by atoms with E-state index >= 15 is 0 Å². The number of aryl methyl sites for hydroxylation is 1. The molecular formula is C34H38N10O3. The number of rotatable bonds is 8. The number of carbonyl (C=O) groups excluding carboxylic acids is 2. The lowest BCUT2D eigenvalue weighted by molar-refractivity contribution is -0.129. The van der Waals surface area contributed by atoms with Crippen LogP contribution in [-0.4, -0.2) is 80.4 Å². The number of likely N-dealkylation sites (N-methyl/N-ethyl adjacent to an activating group) is 1.